The molecular formula is C17H31IN6O2. The molecule has 2 rings (SSSR count). The molecule has 1 aliphatic carbocycles. The summed E-state index contributed by atoms with van der Waals surface area (Å²) in [4.78, 5) is 14.5. The van der Waals surface area contributed by atoms with E-state index in [-0.39, 0.29) is 29.7 Å². The predicted octanol–water partition coefficient (Wildman–Crippen LogP) is 3.18. The van der Waals surface area contributed by atoms with Gasteiger partial charge in [0.25, 0.3) is 0 Å². The lowest BCUT2D eigenvalue weighted by Crippen LogP contribution is -2.44. The maximum Gasteiger partial charge on any atom is 0.306 e. The Kier molecular flexibility index (Phi) is 9.31. The topological polar surface area (TPSA) is 97.4 Å². The van der Waals surface area contributed by atoms with E-state index < -0.39 is 4.92 Å². The van der Waals surface area contributed by atoms with Crippen molar-refractivity contribution in [1.29, 1.82) is 0 Å². The maximum atomic E-state index is 10.7. The molecule has 9 heteroatoms. The number of hydrogen-bond acceptors (Lipinski definition) is 4. The lowest BCUT2D eigenvalue weighted by atomic mass is 9.78. The van der Waals surface area contributed by atoms with Gasteiger partial charge in [0.1, 0.15) is 12.4 Å². The number of aromatic nitrogens is 2. The number of guanidine groups is 1. The van der Waals surface area contributed by atoms with Crippen LogP contribution in [-0.4, -0.2) is 40.8 Å². The third kappa shape index (κ3) is 6.73. The smallest absolute Gasteiger partial charge is 0.306 e. The maximum absolute atomic E-state index is 10.7. The highest BCUT2D eigenvalue weighted by atomic mass is 127. The van der Waals surface area contributed by atoms with Crippen LogP contribution in [0.15, 0.2) is 17.4 Å². The molecule has 1 aromatic heterocycles. The molecule has 148 valence electrons. The largest absolute Gasteiger partial charge is 0.356 e. The molecule has 0 radical (unpaired) electrons. The molecule has 0 aromatic carbocycles. The highest BCUT2D eigenvalue weighted by Gasteiger charge is 2.34. The van der Waals surface area contributed by atoms with Gasteiger partial charge in [-0.3, -0.25) is 19.8 Å². The van der Waals surface area contributed by atoms with Gasteiger partial charge >= 0.3 is 5.69 Å². The van der Waals surface area contributed by atoms with Crippen molar-refractivity contribution in [3.63, 3.8) is 0 Å². The van der Waals surface area contributed by atoms with Crippen molar-refractivity contribution in [2.75, 3.05) is 20.1 Å². The first-order valence-electron chi connectivity index (χ1n) is 9.05. The number of rotatable bonds is 8. The summed E-state index contributed by atoms with van der Waals surface area (Å²) in [7, 11) is 1.76. The standard InChI is InChI=1S/C17H30N6O2.HI/c1-14(2)10-17(6-4-5-7-17)13-20-16(18-3)19-8-9-22-12-15(11-21-22)23(24)25;/h11-12,14H,4-10,13H2,1-3H3,(H2,18,19,20);1H. The van der Waals surface area contributed by atoms with Crippen molar-refractivity contribution in [3.8, 4) is 0 Å². The molecule has 26 heavy (non-hydrogen) atoms. The number of hydrogen-bond donors (Lipinski definition) is 2. The van der Waals surface area contributed by atoms with Crippen LogP contribution < -0.4 is 10.6 Å². The second-order valence-electron chi connectivity index (χ2n) is 7.38. The molecule has 0 aliphatic heterocycles. The van der Waals surface area contributed by atoms with Crippen LogP contribution >= 0.6 is 24.0 Å². The predicted molar refractivity (Wildman–Crippen MR) is 114 cm³/mol. The van der Waals surface area contributed by atoms with E-state index in [1.807, 2.05) is 0 Å². The van der Waals surface area contributed by atoms with Crippen molar-refractivity contribution >= 4 is 35.6 Å². The van der Waals surface area contributed by atoms with Gasteiger partial charge in [-0.25, -0.2) is 0 Å². The molecule has 0 amide bonds. The van der Waals surface area contributed by atoms with Crippen molar-refractivity contribution in [2.45, 2.75) is 52.5 Å². The van der Waals surface area contributed by atoms with Gasteiger partial charge in [-0.15, -0.1) is 24.0 Å². The van der Waals surface area contributed by atoms with Crippen LogP contribution in [0.4, 0.5) is 5.69 Å². The first-order chi connectivity index (χ1) is 11.9. The Morgan fingerprint density at radius 3 is 2.65 bits per heavy atom. The minimum absolute atomic E-state index is 0. The van der Waals surface area contributed by atoms with Gasteiger partial charge in [0.2, 0.25) is 0 Å². The van der Waals surface area contributed by atoms with Gasteiger partial charge in [0.05, 0.1) is 11.5 Å². The molecule has 8 nitrogen and oxygen atoms in total. The average molecular weight is 478 g/mol. The molecule has 1 aromatic rings. The van der Waals surface area contributed by atoms with E-state index in [0.717, 1.165) is 12.5 Å². The molecule has 0 bridgehead atoms. The van der Waals surface area contributed by atoms with Gasteiger partial charge < -0.3 is 10.6 Å². The molecule has 1 heterocycles. The fourth-order valence-corrected chi connectivity index (χ4v) is 3.79. The van der Waals surface area contributed by atoms with Crippen LogP contribution in [0, 0.1) is 21.4 Å². The summed E-state index contributed by atoms with van der Waals surface area (Å²) in [6.45, 7) is 6.67. The van der Waals surface area contributed by atoms with E-state index in [0.29, 0.717) is 24.4 Å². The molecular weight excluding hydrogens is 447 g/mol. The van der Waals surface area contributed by atoms with Crippen LogP contribution in [0.5, 0.6) is 0 Å². The number of nitrogens with one attached hydrogen (secondary N) is 2. The molecule has 0 unspecified atom stereocenters. The zero-order valence-corrected chi connectivity index (χ0v) is 18.2. The van der Waals surface area contributed by atoms with E-state index in [1.54, 1.807) is 11.7 Å². The highest BCUT2D eigenvalue weighted by Crippen LogP contribution is 2.42. The lowest BCUT2D eigenvalue weighted by molar-refractivity contribution is -0.385. The average Bonchev–Trinajstić information content (AvgIpc) is 3.20. The minimum atomic E-state index is -0.437. The Balaban J connectivity index is 0.00000338. The van der Waals surface area contributed by atoms with Crippen molar-refractivity contribution < 1.29 is 4.92 Å². The molecule has 2 N–H and O–H groups in total. The van der Waals surface area contributed by atoms with Crippen LogP contribution in [0.1, 0.15) is 46.0 Å². The van der Waals surface area contributed by atoms with Crippen molar-refractivity contribution in [1.82, 2.24) is 20.4 Å². The summed E-state index contributed by atoms with van der Waals surface area (Å²) in [5.41, 5.74) is 0.397. The number of nitro groups is 1. The normalized spacial score (nSPS) is 16.4. The third-order valence-electron chi connectivity index (χ3n) is 4.82. The summed E-state index contributed by atoms with van der Waals surface area (Å²) < 4.78 is 1.57. The zero-order valence-electron chi connectivity index (χ0n) is 15.9. The lowest BCUT2D eigenvalue weighted by Gasteiger charge is -2.31. The summed E-state index contributed by atoms with van der Waals surface area (Å²) in [6, 6.07) is 0. The van der Waals surface area contributed by atoms with E-state index in [4.69, 9.17) is 0 Å². The molecule has 1 fully saturated rings. The summed E-state index contributed by atoms with van der Waals surface area (Å²) >= 11 is 0. The van der Waals surface area contributed by atoms with Crippen molar-refractivity contribution in [3.05, 3.63) is 22.5 Å². The van der Waals surface area contributed by atoms with Gasteiger partial charge in [-0.05, 0) is 30.6 Å². The Hall–Kier alpha value is -1.39. The van der Waals surface area contributed by atoms with Crippen molar-refractivity contribution in [2.24, 2.45) is 16.3 Å². The Morgan fingerprint density at radius 1 is 1.42 bits per heavy atom. The summed E-state index contributed by atoms with van der Waals surface area (Å²) in [5, 5.41) is 21.4. The van der Waals surface area contributed by atoms with Crippen LogP contribution in [0.3, 0.4) is 0 Å². The number of aliphatic imine (C=N–C) groups is 1. The highest BCUT2D eigenvalue weighted by molar-refractivity contribution is 14.0. The second kappa shape index (κ2) is 10.7. The Labute approximate surface area is 172 Å². The molecule has 1 aliphatic rings. The SMILES string of the molecule is CN=C(NCCn1cc([N+](=O)[O-])cn1)NCC1(CC(C)C)CCCC1.I. The molecule has 0 atom stereocenters. The third-order valence-corrected chi connectivity index (χ3v) is 4.82. The number of halogens is 1. The van der Waals surface area contributed by atoms with E-state index in [1.165, 1.54) is 44.5 Å². The van der Waals surface area contributed by atoms with Gasteiger partial charge in [0.15, 0.2) is 5.96 Å². The van der Waals surface area contributed by atoms with Gasteiger partial charge in [-0.2, -0.15) is 5.10 Å². The van der Waals surface area contributed by atoms with Crippen LogP contribution in [0.2, 0.25) is 0 Å². The first kappa shape index (κ1) is 22.7. The molecule has 1 saturated carbocycles. The first-order valence-corrected chi connectivity index (χ1v) is 9.05. The fraction of sp³-hybridized carbons (Fsp3) is 0.765. The molecule has 0 spiro atoms. The second-order valence-corrected chi connectivity index (χ2v) is 7.38. The van der Waals surface area contributed by atoms with Gasteiger partial charge in [-0.1, -0.05) is 26.7 Å². The van der Waals surface area contributed by atoms with E-state index in [2.05, 4.69) is 34.6 Å². The fourth-order valence-electron chi connectivity index (χ4n) is 3.79. The van der Waals surface area contributed by atoms with Crippen LogP contribution in [0.25, 0.3) is 0 Å². The minimum Gasteiger partial charge on any atom is -0.356 e. The zero-order chi connectivity index (χ0) is 18.3. The molecule has 0 saturated heterocycles. The van der Waals surface area contributed by atoms with E-state index >= 15 is 0 Å². The van der Waals surface area contributed by atoms with Gasteiger partial charge in [0, 0.05) is 20.1 Å². The monoisotopic (exact) mass is 478 g/mol. The van der Waals surface area contributed by atoms with E-state index in [9.17, 15) is 10.1 Å². The quantitative estimate of drug-likeness (QED) is 0.197. The Morgan fingerprint density at radius 2 is 2.12 bits per heavy atom. The summed E-state index contributed by atoms with van der Waals surface area (Å²) in [6.07, 6.45) is 9.15. The number of nitrogens with zero attached hydrogens (tertiary/aromatic N) is 4. The summed E-state index contributed by atoms with van der Waals surface area (Å²) in [5.74, 6) is 1.47. The Bertz CT molecular complexity index is 596. The van der Waals surface area contributed by atoms with Crippen LogP contribution in [-0.2, 0) is 6.54 Å².